The molecule has 1 aromatic heterocycles. The molecule has 0 saturated heterocycles. The molecule has 0 aliphatic carbocycles. The van der Waals surface area contributed by atoms with E-state index in [-0.39, 0.29) is 29.9 Å². The molecule has 0 saturated carbocycles. The summed E-state index contributed by atoms with van der Waals surface area (Å²) in [7, 11) is 0. The van der Waals surface area contributed by atoms with Crippen molar-refractivity contribution in [3.63, 3.8) is 0 Å². The topological polar surface area (TPSA) is 68.1 Å². The zero-order valence-corrected chi connectivity index (χ0v) is 10.9. The van der Waals surface area contributed by atoms with Crippen LogP contribution in [-0.4, -0.2) is 22.6 Å². The molecule has 9 heteroatoms. The third-order valence-electron chi connectivity index (χ3n) is 2.61. The normalized spacial score (nSPS) is 11.8. The molecule has 1 N–H and O–H groups in total. The van der Waals surface area contributed by atoms with Gasteiger partial charge in [0.15, 0.2) is 5.52 Å². The molecule has 1 aromatic carbocycles. The van der Waals surface area contributed by atoms with Gasteiger partial charge in [-0.25, -0.2) is 4.98 Å². The number of hydrogen-bond acceptors (Lipinski definition) is 5. The molecule has 0 atom stereocenters. The molecule has 0 spiro atoms. The molecule has 0 amide bonds. The first-order valence-electron chi connectivity index (χ1n) is 5.70. The van der Waals surface area contributed by atoms with Crippen LogP contribution in [0.2, 0.25) is 0 Å². The molecular formula is C11H10F3N3O2S. The molecule has 2 aromatic rings. The lowest BCUT2D eigenvalue weighted by molar-refractivity contribution is -0.382. The van der Waals surface area contributed by atoms with Gasteiger partial charge in [-0.3, -0.25) is 10.1 Å². The SMILES string of the molecule is O=[N+]([O-])c1c(NCCCC(F)(F)F)ccc2scnc12. The first kappa shape index (κ1) is 14.5. The highest BCUT2D eigenvalue weighted by molar-refractivity contribution is 7.16. The van der Waals surface area contributed by atoms with E-state index in [1.807, 2.05) is 0 Å². The number of halogens is 3. The Kier molecular flexibility index (Phi) is 4.07. The van der Waals surface area contributed by atoms with E-state index in [1.54, 1.807) is 6.07 Å². The average Bonchev–Trinajstić information content (AvgIpc) is 2.80. The lowest BCUT2D eigenvalue weighted by Gasteiger charge is -2.09. The molecular weight excluding hydrogens is 295 g/mol. The number of aromatic nitrogens is 1. The molecule has 20 heavy (non-hydrogen) atoms. The van der Waals surface area contributed by atoms with Crippen LogP contribution in [0.1, 0.15) is 12.8 Å². The highest BCUT2D eigenvalue weighted by Gasteiger charge is 2.26. The maximum absolute atomic E-state index is 12.0. The van der Waals surface area contributed by atoms with Crippen molar-refractivity contribution in [1.29, 1.82) is 0 Å². The summed E-state index contributed by atoms with van der Waals surface area (Å²) in [5.41, 5.74) is 1.73. The van der Waals surface area contributed by atoms with Crippen LogP contribution in [0.3, 0.4) is 0 Å². The Morgan fingerprint density at radius 1 is 1.40 bits per heavy atom. The van der Waals surface area contributed by atoms with Gasteiger partial charge in [0.05, 0.1) is 15.1 Å². The van der Waals surface area contributed by atoms with Gasteiger partial charge in [-0.2, -0.15) is 13.2 Å². The smallest absolute Gasteiger partial charge is 0.379 e. The first-order chi connectivity index (χ1) is 9.38. The fourth-order valence-electron chi connectivity index (χ4n) is 1.76. The van der Waals surface area contributed by atoms with Crippen molar-refractivity contribution in [3.05, 3.63) is 27.8 Å². The van der Waals surface area contributed by atoms with E-state index < -0.39 is 17.5 Å². The van der Waals surface area contributed by atoms with E-state index in [0.29, 0.717) is 4.70 Å². The number of nitro groups is 1. The van der Waals surface area contributed by atoms with Crippen molar-refractivity contribution in [3.8, 4) is 0 Å². The van der Waals surface area contributed by atoms with Crippen molar-refractivity contribution >= 4 is 32.9 Å². The maximum atomic E-state index is 12.0. The summed E-state index contributed by atoms with van der Waals surface area (Å²) in [6, 6.07) is 3.15. The fraction of sp³-hybridized carbons (Fsp3) is 0.364. The van der Waals surface area contributed by atoms with E-state index in [4.69, 9.17) is 0 Å². The standard InChI is InChI=1S/C11H10F3N3O2S/c12-11(13,14)4-1-5-15-7-2-3-8-9(16-6-20-8)10(7)17(18)19/h2-3,6,15H,1,4-5H2. The zero-order valence-electron chi connectivity index (χ0n) is 10.1. The number of anilines is 1. The quantitative estimate of drug-likeness (QED) is 0.516. The lowest BCUT2D eigenvalue weighted by atomic mass is 10.2. The molecule has 0 bridgehead atoms. The summed E-state index contributed by atoms with van der Waals surface area (Å²) in [6.45, 7) is 0.00991. The number of benzene rings is 1. The average molecular weight is 305 g/mol. The summed E-state index contributed by atoms with van der Waals surface area (Å²) < 4.78 is 36.7. The molecule has 0 aliphatic rings. The molecule has 0 fully saturated rings. The number of rotatable bonds is 5. The fourth-order valence-corrected chi connectivity index (χ4v) is 2.44. The van der Waals surface area contributed by atoms with Gasteiger partial charge in [0.2, 0.25) is 0 Å². The van der Waals surface area contributed by atoms with Crippen LogP contribution in [0.25, 0.3) is 10.2 Å². The minimum absolute atomic E-state index is 0.00991. The van der Waals surface area contributed by atoms with Crippen molar-refractivity contribution in [1.82, 2.24) is 4.98 Å². The predicted molar refractivity (Wildman–Crippen MR) is 70.1 cm³/mol. The molecule has 1 heterocycles. The zero-order chi connectivity index (χ0) is 14.8. The van der Waals surface area contributed by atoms with Crippen molar-refractivity contribution in [2.45, 2.75) is 19.0 Å². The van der Waals surface area contributed by atoms with Crippen LogP contribution in [0.4, 0.5) is 24.5 Å². The minimum Gasteiger partial charge on any atom is -0.379 e. The highest BCUT2D eigenvalue weighted by atomic mass is 32.1. The van der Waals surface area contributed by atoms with Gasteiger partial charge in [-0.05, 0) is 18.6 Å². The number of nitro benzene ring substituents is 1. The van der Waals surface area contributed by atoms with Crippen molar-refractivity contribution in [2.24, 2.45) is 0 Å². The number of thiazole rings is 1. The second-order valence-corrected chi connectivity index (χ2v) is 4.95. The van der Waals surface area contributed by atoms with Gasteiger partial charge in [-0.15, -0.1) is 11.3 Å². The van der Waals surface area contributed by atoms with Gasteiger partial charge in [0, 0.05) is 13.0 Å². The molecule has 108 valence electrons. The van der Waals surface area contributed by atoms with E-state index in [1.165, 1.54) is 22.9 Å². The summed E-state index contributed by atoms with van der Waals surface area (Å²) in [5.74, 6) is 0. The number of alkyl halides is 3. The first-order valence-corrected chi connectivity index (χ1v) is 6.57. The van der Waals surface area contributed by atoms with E-state index in [2.05, 4.69) is 10.3 Å². The van der Waals surface area contributed by atoms with Gasteiger partial charge in [-0.1, -0.05) is 0 Å². The van der Waals surface area contributed by atoms with Crippen LogP contribution in [0.15, 0.2) is 17.6 Å². The minimum atomic E-state index is -4.22. The van der Waals surface area contributed by atoms with Crippen LogP contribution in [0, 0.1) is 10.1 Å². The Hall–Kier alpha value is -1.90. The maximum Gasteiger partial charge on any atom is 0.389 e. The van der Waals surface area contributed by atoms with E-state index >= 15 is 0 Å². The Balaban J connectivity index is 2.13. The third-order valence-corrected chi connectivity index (χ3v) is 3.40. The monoisotopic (exact) mass is 305 g/mol. The number of fused-ring (bicyclic) bond motifs is 1. The van der Waals surface area contributed by atoms with Crippen LogP contribution in [-0.2, 0) is 0 Å². The van der Waals surface area contributed by atoms with Gasteiger partial charge >= 0.3 is 11.9 Å². The van der Waals surface area contributed by atoms with Crippen LogP contribution in [0.5, 0.6) is 0 Å². The Labute approximate surface area is 115 Å². The number of nitrogens with zero attached hydrogens (tertiary/aromatic N) is 2. The summed E-state index contributed by atoms with van der Waals surface area (Å²) in [4.78, 5) is 14.4. The molecule has 5 nitrogen and oxygen atoms in total. The molecule has 0 aliphatic heterocycles. The van der Waals surface area contributed by atoms with Crippen molar-refractivity contribution < 1.29 is 18.1 Å². The lowest BCUT2D eigenvalue weighted by Crippen LogP contribution is -2.11. The number of hydrogen-bond donors (Lipinski definition) is 1. The highest BCUT2D eigenvalue weighted by Crippen LogP contribution is 2.34. The van der Waals surface area contributed by atoms with Gasteiger partial charge in [0.25, 0.3) is 0 Å². The van der Waals surface area contributed by atoms with Crippen molar-refractivity contribution in [2.75, 3.05) is 11.9 Å². The summed E-state index contributed by atoms with van der Waals surface area (Å²) in [5, 5.41) is 13.7. The van der Waals surface area contributed by atoms with Crippen LogP contribution < -0.4 is 5.32 Å². The van der Waals surface area contributed by atoms with E-state index in [0.717, 1.165) is 0 Å². The summed E-state index contributed by atoms with van der Waals surface area (Å²) >= 11 is 1.27. The number of nitrogens with one attached hydrogen (secondary N) is 1. The second-order valence-electron chi connectivity index (χ2n) is 4.06. The summed E-state index contributed by atoms with van der Waals surface area (Å²) in [6.07, 6.45) is -5.28. The third kappa shape index (κ3) is 3.35. The predicted octanol–water partition coefficient (Wildman–Crippen LogP) is 3.96. The second kappa shape index (κ2) is 5.61. The largest absolute Gasteiger partial charge is 0.389 e. The Bertz CT molecular complexity index is 627. The van der Waals surface area contributed by atoms with Gasteiger partial charge in [0.1, 0.15) is 5.69 Å². The Morgan fingerprint density at radius 2 is 2.15 bits per heavy atom. The van der Waals surface area contributed by atoms with E-state index in [9.17, 15) is 23.3 Å². The van der Waals surface area contributed by atoms with Gasteiger partial charge < -0.3 is 5.32 Å². The molecule has 0 radical (unpaired) electrons. The molecule has 0 unspecified atom stereocenters. The Morgan fingerprint density at radius 3 is 2.80 bits per heavy atom. The molecule has 2 rings (SSSR count). The van der Waals surface area contributed by atoms with Crippen LogP contribution >= 0.6 is 11.3 Å².